The molecule has 8 heteroatoms. The fraction of sp³-hybridized carbons (Fsp3) is 0.433. The van der Waals surface area contributed by atoms with Crippen LogP contribution in [0.15, 0.2) is 61.1 Å². The first kappa shape index (κ1) is 26.0. The van der Waals surface area contributed by atoms with E-state index in [4.69, 9.17) is 15.2 Å². The van der Waals surface area contributed by atoms with E-state index < -0.39 is 23.3 Å². The number of ether oxygens (including phenoxy) is 2. The van der Waals surface area contributed by atoms with Gasteiger partial charge in [-0.25, -0.2) is 4.98 Å². The van der Waals surface area contributed by atoms with Crippen LogP contribution in [0.4, 0.5) is 0 Å². The lowest BCUT2D eigenvalue weighted by Crippen LogP contribution is -2.64. The lowest BCUT2D eigenvalue weighted by atomic mass is 9.78. The highest BCUT2D eigenvalue weighted by Gasteiger charge is 2.51. The maximum Gasteiger partial charge on any atom is 0.227 e. The molecule has 5 rings (SSSR count). The Kier molecular flexibility index (Phi) is 7.51. The number of likely N-dealkylation sites (tertiary alicyclic amines) is 1. The van der Waals surface area contributed by atoms with Crippen molar-refractivity contribution in [3.05, 3.63) is 83.4 Å². The van der Waals surface area contributed by atoms with Crippen molar-refractivity contribution in [2.24, 2.45) is 23.5 Å². The van der Waals surface area contributed by atoms with E-state index in [1.807, 2.05) is 41.3 Å². The molecule has 0 spiro atoms. The summed E-state index contributed by atoms with van der Waals surface area (Å²) in [5.41, 5.74) is 9.37. The van der Waals surface area contributed by atoms with Crippen molar-refractivity contribution in [3.8, 4) is 5.75 Å². The number of aryl methyl sites for hydroxylation is 1. The third-order valence-corrected chi connectivity index (χ3v) is 7.91. The largest absolute Gasteiger partial charge is 0.497 e. The number of imidazole rings is 1. The number of amides is 2. The molecule has 2 amide bonds. The average molecular weight is 517 g/mol. The second kappa shape index (κ2) is 11.0. The molecule has 3 N–H and O–H groups in total. The maximum absolute atomic E-state index is 14.1. The van der Waals surface area contributed by atoms with Crippen molar-refractivity contribution in [2.45, 2.75) is 38.2 Å². The van der Waals surface area contributed by atoms with Gasteiger partial charge in [-0.3, -0.25) is 9.59 Å². The molecule has 2 heterocycles. The normalized spacial score (nSPS) is 17.9. The van der Waals surface area contributed by atoms with Crippen LogP contribution < -0.4 is 10.5 Å². The molecule has 0 bridgehead atoms. The summed E-state index contributed by atoms with van der Waals surface area (Å²) in [6, 6.07) is 15.8. The molecular formula is C30H36N4O4. The summed E-state index contributed by atoms with van der Waals surface area (Å²) in [6.45, 7) is 3.70. The number of aromatic amines is 1. The molecule has 3 aromatic rings. The van der Waals surface area contributed by atoms with Gasteiger partial charge in [-0.2, -0.15) is 0 Å². The SMILES string of the molecule is COc1ccc(C[C@@H](C(=O)N2CC(OCC3CC3)(c3ccccc3C)C2)C(Cc2cnc[nH]2)C(N)=O)cc1. The van der Waals surface area contributed by atoms with Crippen LogP contribution in [0.3, 0.4) is 0 Å². The van der Waals surface area contributed by atoms with Crippen molar-refractivity contribution in [1.29, 1.82) is 0 Å². The number of benzene rings is 2. The number of hydrogen-bond acceptors (Lipinski definition) is 5. The Bertz CT molecular complexity index is 1250. The third-order valence-electron chi connectivity index (χ3n) is 7.91. The fourth-order valence-electron chi connectivity index (χ4n) is 5.44. The summed E-state index contributed by atoms with van der Waals surface area (Å²) < 4.78 is 11.8. The first-order valence-corrected chi connectivity index (χ1v) is 13.3. The molecule has 1 aliphatic heterocycles. The Morgan fingerprint density at radius 3 is 2.45 bits per heavy atom. The lowest BCUT2D eigenvalue weighted by Gasteiger charge is -2.51. The predicted octanol–water partition coefficient (Wildman–Crippen LogP) is 3.39. The Morgan fingerprint density at radius 1 is 1.11 bits per heavy atom. The van der Waals surface area contributed by atoms with Crippen molar-refractivity contribution in [1.82, 2.24) is 14.9 Å². The summed E-state index contributed by atoms with van der Waals surface area (Å²) in [7, 11) is 1.62. The summed E-state index contributed by atoms with van der Waals surface area (Å²) in [6.07, 6.45) is 6.34. The number of nitrogens with zero attached hydrogens (tertiary/aromatic N) is 2. The van der Waals surface area contributed by atoms with Gasteiger partial charge in [0.25, 0.3) is 0 Å². The van der Waals surface area contributed by atoms with Crippen LogP contribution in [0.25, 0.3) is 0 Å². The van der Waals surface area contributed by atoms with Gasteiger partial charge in [0.05, 0.1) is 45.0 Å². The number of nitrogens with two attached hydrogens (primary N) is 1. The maximum atomic E-state index is 14.1. The Labute approximate surface area is 223 Å². The minimum absolute atomic E-state index is 0.0802. The van der Waals surface area contributed by atoms with Crippen molar-refractivity contribution in [2.75, 3.05) is 26.8 Å². The zero-order valence-electron chi connectivity index (χ0n) is 22.1. The molecule has 38 heavy (non-hydrogen) atoms. The predicted molar refractivity (Wildman–Crippen MR) is 143 cm³/mol. The summed E-state index contributed by atoms with van der Waals surface area (Å²) in [4.78, 5) is 35.8. The molecule has 1 saturated carbocycles. The smallest absolute Gasteiger partial charge is 0.227 e. The minimum atomic E-state index is -0.689. The second-order valence-corrected chi connectivity index (χ2v) is 10.7. The standard InChI is InChI=1S/C30H36N4O4/c1-20-5-3-4-6-27(20)30(38-16-22-7-8-22)17-34(18-30)29(36)26(13-21-9-11-24(37-2)12-10-21)25(28(31)35)14-23-15-32-19-33-23/h3-6,9-12,15,19,22,25-26H,7-8,13-14,16-18H2,1-2H3,(H2,31,35)(H,32,33)/t25?,26-/m1/s1. The van der Waals surface area contributed by atoms with Gasteiger partial charge in [0.2, 0.25) is 11.8 Å². The number of hydrogen-bond donors (Lipinski definition) is 2. The van der Waals surface area contributed by atoms with E-state index in [9.17, 15) is 9.59 Å². The van der Waals surface area contributed by atoms with Crippen LogP contribution in [0.2, 0.25) is 0 Å². The van der Waals surface area contributed by atoms with Gasteiger partial charge < -0.3 is 25.1 Å². The number of nitrogens with one attached hydrogen (secondary N) is 1. The van der Waals surface area contributed by atoms with Gasteiger partial charge in [-0.05, 0) is 60.9 Å². The number of methoxy groups -OCH3 is 1. The van der Waals surface area contributed by atoms with Crippen molar-refractivity contribution >= 4 is 11.8 Å². The van der Waals surface area contributed by atoms with Crippen LogP contribution in [0.5, 0.6) is 5.75 Å². The van der Waals surface area contributed by atoms with Crippen LogP contribution >= 0.6 is 0 Å². The summed E-state index contributed by atoms with van der Waals surface area (Å²) in [5.74, 6) is -0.546. The zero-order valence-corrected chi connectivity index (χ0v) is 22.1. The molecule has 1 aliphatic carbocycles. The topological polar surface area (TPSA) is 111 Å². The van der Waals surface area contributed by atoms with E-state index >= 15 is 0 Å². The van der Waals surface area contributed by atoms with Gasteiger partial charge in [0.15, 0.2) is 0 Å². The van der Waals surface area contributed by atoms with E-state index in [1.54, 1.807) is 19.6 Å². The van der Waals surface area contributed by atoms with Crippen LogP contribution in [0, 0.1) is 24.7 Å². The highest BCUT2D eigenvalue weighted by molar-refractivity contribution is 5.88. The van der Waals surface area contributed by atoms with E-state index in [2.05, 4.69) is 29.0 Å². The number of primary amides is 1. The number of aromatic nitrogens is 2. The monoisotopic (exact) mass is 516 g/mol. The number of rotatable bonds is 12. The molecule has 0 radical (unpaired) electrons. The Hall–Kier alpha value is -3.65. The third kappa shape index (κ3) is 5.60. The Balaban J connectivity index is 1.40. The fourth-order valence-corrected chi connectivity index (χ4v) is 5.44. The number of carbonyl (C=O) groups excluding carboxylic acids is 2. The summed E-state index contributed by atoms with van der Waals surface area (Å²) in [5, 5.41) is 0. The molecule has 1 aromatic heterocycles. The number of H-pyrrole nitrogens is 1. The molecule has 200 valence electrons. The van der Waals surface area contributed by atoms with E-state index in [0.717, 1.165) is 28.1 Å². The van der Waals surface area contributed by atoms with Crippen LogP contribution in [-0.2, 0) is 32.8 Å². The highest BCUT2D eigenvalue weighted by Crippen LogP contribution is 2.41. The molecule has 8 nitrogen and oxygen atoms in total. The minimum Gasteiger partial charge on any atom is -0.497 e. The first-order chi connectivity index (χ1) is 18.4. The Morgan fingerprint density at radius 2 is 1.84 bits per heavy atom. The van der Waals surface area contributed by atoms with Gasteiger partial charge in [0.1, 0.15) is 11.4 Å². The molecule has 2 aliphatic rings. The molecule has 2 aromatic carbocycles. The number of carbonyl (C=O) groups is 2. The quantitative estimate of drug-likeness (QED) is 0.383. The van der Waals surface area contributed by atoms with Gasteiger partial charge in [-0.15, -0.1) is 0 Å². The van der Waals surface area contributed by atoms with Crippen molar-refractivity contribution in [3.63, 3.8) is 0 Å². The molecule has 2 fully saturated rings. The second-order valence-electron chi connectivity index (χ2n) is 10.7. The van der Waals surface area contributed by atoms with Gasteiger partial charge in [0, 0.05) is 18.3 Å². The molecule has 2 atom stereocenters. The average Bonchev–Trinajstić information content (AvgIpc) is 3.58. The highest BCUT2D eigenvalue weighted by atomic mass is 16.5. The van der Waals surface area contributed by atoms with Gasteiger partial charge in [-0.1, -0.05) is 36.4 Å². The summed E-state index contributed by atoms with van der Waals surface area (Å²) >= 11 is 0. The van der Waals surface area contributed by atoms with Gasteiger partial charge >= 0.3 is 0 Å². The first-order valence-electron chi connectivity index (χ1n) is 13.3. The molecule has 1 saturated heterocycles. The van der Waals surface area contributed by atoms with E-state index in [-0.39, 0.29) is 5.91 Å². The van der Waals surface area contributed by atoms with Crippen LogP contribution in [-0.4, -0.2) is 53.5 Å². The van der Waals surface area contributed by atoms with E-state index in [0.29, 0.717) is 38.5 Å². The molecular weight excluding hydrogens is 480 g/mol. The van der Waals surface area contributed by atoms with Crippen LogP contribution in [0.1, 0.15) is 35.2 Å². The lowest BCUT2D eigenvalue weighted by molar-refractivity contribution is -0.179. The molecule has 1 unspecified atom stereocenters. The zero-order chi connectivity index (χ0) is 26.7. The van der Waals surface area contributed by atoms with Crippen molar-refractivity contribution < 1.29 is 19.1 Å². The van der Waals surface area contributed by atoms with E-state index in [1.165, 1.54) is 12.8 Å².